The van der Waals surface area contributed by atoms with Crippen LogP contribution in [0.25, 0.3) is 0 Å². The van der Waals surface area contributed by atoms with E-state index in [1.807, 2.05) is 25.3 Å². The molecule has 0 aliphatic carbocycles. The Morgan fingerprint density at radius 3 is 1.88 bits per heavy atom. The van der Waals surface area contributed by atoms with Crippen molar-refractivity contribution in [1.29, 1.82) is 0 Å². The average molecular weight is 201 g/mol. The number of thioether (sulfide) groups is 1. The molecule has 0 rings (SSSR count). The molecule has 4 heteroatoms. The second-order valence-electron chi connectivity index (χ2n) is 1.36. The molecule has 0 aliphatic rings. The first-order valence-electron chi connectivity index (χ1n) is 1.93. The molecule has 0 fully saturated rings. The van der Waals surface area contributed by atoms with Crippen molar-refractivity contribution < 1.29 is 19.5 Å². The van der Waals surface area contributed by atoms with Crippen LogP contribution in [0.3, 0.4) is 0 Å². The number of nitrogens with zero attached hydrogens (tertiary/aromatic N) is 1. The molecule has 0 heterocycles. The molecule has 1 nitrogen and oxygen atoms in total. The molecule has 0 aromatic heterocycles. The maximum atomic E-state index is 4.87. The molecule has 0 N–H and O–H groups in total. The Morgan fingerprint density at radius 1 is 1.50 bits per heavy atom. The standard InChI is InChI=1S/C4H9NS2.Zn/c1-5(2)4(6)7-3;/h1-3H3;. The summed E-state index contributed by atoms with van der Waals surface area (Å²) in [6, 6.07) is 0. The Kier molecular flexibility index (Phi) is 8.71. The quantitative estimate of drug-likeness (QED) is 0.427. The van der Waals surface area contributed by atoms with Crippen LogP contribution in [0.4, 0.5) is 0 Å². The SMILES string of the molecule is CSC(=S)N(C)C.[Zn]. The van der Waals surface area contributed by atoms with Crippen LogP contribution in [0.15, 0.2) is 0 Å². The van der Waals surface area contributed by atoms with E-state index in [0.717, 1.165) is 4.32 Å². The third kappa shape index (κ3) is 5.01. The molecule has 0 bridgehead atoms. The Morgan fingerprint density at radius 2 is 1.88 bits per heavy atom. The van der Waals surface area contributed by atoms with Gasteiger partial charge in [-0.3, -0.25) is 0 Å². The van der Waals surface area contributed by atoms with Crippen molar-refractivity contribution in [3.05, 3.63) is 0 Å². The molecule has 0 spiro atoms. The van der Waals surface area contributed by atoms with Gasteiger partial charge in [0, 0.05) is 33.6 Å². The fraction of sp³-hybridized carbons (Fsp3) is 0.750. The van der Waals surface area contributed by atoms with Gasteiger partial charge in [0.05, 0.1) is 0 Å². The number of thiocarbonyl (C=S) groups is 1. The minimum absolute atomic E-state index is 0. The predicted molar refractivity (Wildman–Crippen MR) is 39.8 cm³/mol. The van der Waals surface area contributed by atoms with Crippen molar-refractivity contribution in [3.8, 4) is 0 Å². The zero-order chi connectivity index (χ0) is 5.86. The van der Waals surface area contributed by atoms with Gasteiger partial charge in [-0.2, -0.15) is 0 Å². The van der Waals surface area contributed by atoms with E-state index in [9.17, 15) is 0 Å². The van der Waals surface area contributed by atoms with Crippen molar-refractivity contribution in [2.75, 3.05) is 20.4 Å². The Hall–Kier alpha value is 0.863. The summed E-state index contributed by atoms with van der Waals surface area (Å²) >= 11 is 6.46. The van der Waals surface area contributed by atoms with Gasteiger partial charge < -0.3 is 4.90 Å². The Balaban J connectivity index is 0. The van der Waals surface area contributed by atoms with Crippen molar-refractivity contribution in [3.63, 3.8) is 0 Å². The summed E-state index contributed by atoms with van der Waals surface area (Å²) in [6.07, 6.45) is 1.97. The number of hydrogen-bond donors (Lipinski definition) is 0. The van der Waals surface area contributed by atoms with E-state index in [0.29, 0.717) is 0 Å². The van der Waals surface area contributed by atoms with E-state index in [4.69, 9.17) is 12.2 Å². The van der Waals surface area contributed by atoms with E-state index >= 15 is 0 Å². The maximum Gasteiger partial charge on any atom is 0.135 e. The zero-order valence-corrected chi connectivity index (χ0v) is 10.1. The van der Waals surface area contributed by atoms with Gasteiger partial charge in [0.25, 0.3) is 0 Å². The van der Waals surface area contributed by atoms with Gasteiger partial charge >= 0.3 is 0 Å². The summed E-state index contributed by atoms with van der Waals surface area (Å²) in [6.45, 7) is 0. The van der Waals surface area contributed by atoms with Crippen LogP contribution >= 0.6 is 24.0 Å². The molecule has 0 radical (unpaired) electrons. The summed E-state index contributed by atoms with van der Waals surface area (Å²) in [7, 11) is 3.89. The van der Waals surface area contributed by atoms with Crippen LogP contribution in [-0.2, 0) is 19.5 Å². The molecule has 0 saturated carbocycles. The molecule has 0 aromatic carbocycles. The van der Waals surface area contributed by atoms with E-state index in [1.165, 1.54) is 0 Å². The summed E-state index contributed by atoms with van der Waals surface area (Å²) in [5.74, 6) is 0. The average Bonchev–Trinajstić information content (AvgIpc) is 1.65. The Labute approximate surface area is 73.0 Å². The molecule has 8 heavy (non-hydrogen) atoms. The fourth-order valence-corrected chi connectivity index (χ4v) is 0.548. The summed E-state index contributed by atoms with van der Waals surface area (Å²) in [5, 5.41) is 0. The van der Waals surface area contributed by atoms with Crippen LogP contribution < -0.4 is 0 Å². The molecule has 44 valence electrons. The van der Waals surface area contributed by atoms with Crippen molar-refractivity contribution in [1.82, 2.24) is 4.90 Å². The normalized spacial score (nSPS) is 7.38. The number of rotatable bonds is 0. The molecule has 0 unspecified atom stereocenters. The monoisotopic (exact) mass is 199 g/mol. The van der Waals surface area contributed by atoms with Gasteiger partial charge in [0.1, 0.15) is 4.32 Å². The van der Waals surface area contributed by atoms with Crippen LogP contribution in [0.1, 0.15) is 0 Å². The minimum Gasteiger partial charge on any atom is -0.364 e. The summed E-state index contributed by atoms with van der Waals surface area (Å²) in [4.78, 5) is 1.92. The third-order valence-electron chi connectivity index (χ3n) is 0.540. The van der Waals surface area contributed by atoms with E-state index in [1.54, 1.807) is 11.8 Å². The molecular formula is C4H9NS2Zn. The predicted octanol–water partition coefficient (Wildman–Crippen LogP) is 1.19. The van der Waals surface area contributed by atoms with Crippen LogP contribution in [0, 0.1) is 0 Å². The molecule has 0 atom stereocenters. The Bertz CT molecular complexity index is 74.4. The second kappa shape index (κ2) is 5.99. The molecule has 0 amide bonds. The topological polar surface area (TPSA) is 3.24 Å². The molecule has 0 aromatic rings. The maximum absolute atomic E-state index is 4.87. The zero-order valence-electron chi connectivity index (χ0n) is 5.47. The summed E-state index contributed by atoms with van der Waals surface area (Å²) in [5.41, 5.74) is 0. The second-order valence-corrected chi connectivity index (χ2v) is 2.80. The number of hydrogen-bond acceptors (Lipinski definition) is 2. The van der Waals surface area contributed by atoms with Gasteiger partial charge in [0.15, 0.2) is 0 Å². The van der Waals surface area contributed by atoms with E-state index < -0.39 is 0 Å². The van der Waals surface area contributed by atoms with Gasteiger partial charge in [-0.15, -0.1) is 11.8 Å². The first kappa shape index (κ1) is 11.6. The summed E-state index contributed by atoms with van der Waals surface area (Å²) < 4.78 is 0.931. The first-order valence-corrected chi connectivity index (χ1v) is 3.57. The largest absolute Gasteiger partial charge is 0.364 e. The first-order chi connectivity index (χ1) is 3.18. The van der Waals surface area contributed by atoms with E-state index in [-0.39, 0.29) is 19.5 Å². The van der Waals surface area contributed by atoms with Crippen molar-refractivity contribution >= 4 is 28.3 Å². The molecule has 0 saturated heterocycles. The smallest absolute Gasteiger partial charge is 0.135 e. The van der Waals surface area contributed by atoms with E-state index in [2.05, 4.69) is 0 Å². The minimum atomic E-state index is 0. The van der Waals surface area contributed by atoms with Gasteiger partial charge in [0.2, 0.25) is 0 Å². The third-order valence-corrected chi connectivity index (χ3v) is 2.12. The fourth-order valence-electron chi connectivity index (χ4n) is 0.183. The van der Waals surface area contributed by atoms with Gasteiger partial charge in [-0.25, -0.2) is 0 Å². The molecule has 0 aliphatic heterocycles. The van der Waals surface area contributed by atoms with Crippen LogP contribution in [-0.4, -0.2) is 29.6 Å². The molecular weight excluding hydrogens is 192 g/mol. The van der Waals surface area contributed by atoms with Gasteiger partial charge in [-0.05, 0) is 6.26 Å². The van der Waals surface area contributed by atoms with Crippen LogP contribution in [0.2, 0.25) is 0 Å². The van der Waals surface area contributed by atoms with Crippen molar-refractivity contribution in [2.24, 2.45) is 0 Å². The van der Waals surface area contributed by atoms with Crippen molar-refractivity contribution in [2.45, 2.75) is 0 Å². The van der Waals surface area contributed by atoms with Crippen LogP contribution in [0.5, 0.6) is 0 Å². The van der Waals surface area contributed by atoms with Gasteiger partial charge in [-0.1, -0.05) is 12.2 Å².